The molecule has 0 bridgehead atoms. The molecule has 0 unspecified atom stereocenters. The second-order valence-electron chi connectivity index (χ2n) is 7.53. The molecule has 1 aliphatic heterocycles. The number of hydrogen-bond acceptors (Lipinski definition) is 1. The Morgan fingerprint density at radius 2 is 1.45 bits per heavy atom. The van der Waals surface area contributed by atoms with Crippen LogP contribution in [0, 0.1) is 0 Å². The summed E-state index contributed by atoms with van der Waals surface area (Å²) < 4.78 is 47.9. The molecule has 1 aliphatic rings. The van der Waals surface area contributed by atoms with Crippen molar-refractivity contribution in [3.63, 3.8) is 0 Å². The van der Waals surface area contributed by atoms with Gasteiger partial charge in [0, 0.05) is 47.7 Å². The van der Waals surface area contributed by atoms with E-state index in [9.17, 15) is 0 Å². The molecule has 158 valence electrons. The molecule has 31 heavy (non-hydrogen) atoms. The van der Waals surface area contributed by atoms with Crippen molar-refractivity contribution in [3.8, 4) is 0 Å². The molecule has 0 amide bonds. The van der Waals surface area contributed by atoms with Gasteiger partial charge in [-0.2, -0.15) is 13.2 Å². The predicted octanol–water partition coefficient (Wildman–Crippen LogP) is 8.28. The normalized spacial score (nSPS) is 18.3. The highest BCUT2D eigenvalue weighted by molar-refractivity contribution is 9.11. The quantitative estimate of drug-likeness (QED) is 0.222. The lowest BCUT2D eigenvalue weighted by molar-refractivity contribution is -0.169. The molecule has 4 aromatic rings. The number of fused-ring (bicyclic) bond motifs is 4. The fraction of sp³-hybridized carbons (Fsp3) is 0.130. The zero-order valence-corrected chi connectivity index (χ0v) is 20.5. The van der Waals surface area contributed by atoms with Gasteiger partial charge in [-0.15, -0.1) is 0 Å². The van der Waals surface area contributed by atoms with Gasteiger partial charge in [-0.05, 0) is 47.5 Å². The predicted molar refractivity (Wildman–Crippen MR) is 128 cm³/mol. The van der Waals surface area contributed by atoms with Crippen LogP contribution in [0.5, 0.6) is 0 Å². The highest BCUT2D eigenvalue weighted by Crippen LogP contribution is 2.52. The van der Waals surface area contributed by atoms with Crippen molar-refractivity contribution in [2.75, 3.05) is 5.32 Å². The summed E-state index contributed by atoms with van der Waals surface area (Å²) in [6, 6.07) is 17.1. The number of benzene rings is 3. The van der Waals surface area contributed by atoms with Crippen molar-refractivity contribution >= 4 is 64.4 Å². The molecular weight excluding hydrogens is 601 g/mol. The number of alkyl halides is 3. The second-order valence-corrected chi connectivity index (χ2v) is 10.3. The van der Waals surface area contributed by atoms with E-state index in [2.05, 4.69) is 58.1 Å². The largest absolute Gasteiger partial charge is 0.420 e. The van der Waals surface area contributed by atoms with Gasteiger partial charge in [0.05, 0.1) is 0 Å². The second kappa shape index (κ2) is 7.39. The van der Waals surface area contributed by atoms with Crippen LogP contribution in [0.25, 0.3) is 10.9 Å². The summed E-state index contributed by atoms with van der Waals surface area (Å²) in [6.45, 7) is 0. The molecular formula is C23H14Br3F3N2. The number of aromatic nitrogens is 1. The Bertz CT molecular complexity index is 1310. The van der Waals surface area contributed by atoms with Gasteiger partial charge in [-0.3, -0.25) is 0 Å². The van der Waals surface area contributed by atoms with Crippen LogP contribution in [0.4, 0.5) is 18.9 Å². The number of nitrogens with one attached hydrogen (secondary N) is 2. The Morgan fingerprint density at radius 1 is 0.806 bits per heavy atom. The molecule has 3 aromatic carbocycles. The molecule has 2 N–H and O–H groups in total. The summed E-state index contributed by atoms with van der Waals surface area (Å²) in [7, 11) is 0. The Hall–Kier alpha value is -1.77. The minimum Gasteiger partial charge on any atom is -0.364 e. The van der Waals surface area contributed by atoms with Crippen LogP contribution in [0.2, 0.25) is 0 Å². The lowest BCUT2D eigenvalue weighted by Crippen LogP contribution is -2.50. The van der Waals surface area contributed by atoms with Crippen molar-refractivity contribution in [2.45, 2.75) is 18.1 Å². The number of H-pyrrole nitrogens is 1. The maximum absolute atomic E-state index is 15.2. The number of aromatic amines is 1. The van der Waals surface area contributed by atoms with Crippen molar-refractivity contribution in [1.29, 1.82) is 0 Å². The summed E-state index contributed by atoms with van der Waals surface area (Å²) in [5.41, 5.74) is 0.344. The van der Waals surface area contributed by atoms with E-state index in [4.69, 9.17) is 0 Å². The van der Waals surface area contributed by atoms with E-state index in [1.54, 1.807) is 30.3 Å². The molecule has 2 nitrogen and oxygen atoms in total. The van der Waals surface area contributed by atoms with Crippen LogP contribution in [0.1, 0.15) is 22.4 Å². The van der Waals surface area contributed by atoms with Gasteiger partial charge in [0.1, 0.15) is 0 Å². The Kier molecular flexibility index (Phi) is 5.03. The zero-order valence-electron chi connectivity index (χ0n) is 15.7. The first-order valence-electron chi connectivity index (χ1n) is 9.39. The Labute approximate surface area is 201 Å². The number of hydrogen-bond donors (Lipinski definition) is 2. The number of halogens is 6. The van der Waals surface area contributed by atoms with Gasteiger partial charge in [-0.25, -0.2) is 0 Å². The molecule has 1 atom stereocenters. The van der Waals surface area contributed by atoms with Gasteiger partial charge < -0.3 is 10.3 Å². The van der Waals surface area contributed by atoms with Crippen LogP contribution in [-0.4, -0.2) is 11.2 Å². The van der Waals surface area contributed by atoms with Crippen LogP contribution in [0.15, 0.2) is 74.1 Å². The fourth-order valence-electron chi connectivity index (χ4n) is 4.35. The van der Waals surface area contributed by atoms with Crippen LogP contribution < -0.4 is 5.32 Å². The van der Waals surface area contributed by atoms with E-state index in [0.29, 0.717) is 37.7 Å². The lowest BCUT2D eigenvalue weighted by atomic mass is 9.80. The summed E-state index contributed by atoms with van der Waals surface area (Å²) in [6.07, 6.45) is -4.27. The van der Waals surface area contributed by atoms with E-state index in [-0.39, 0.29) is 11.1 Å². The first-order valence-corrected chi connectivity index (χ1v) is 11.8. The SMILES string of the molecule is FC(F)(F)[C@@]1(c2ccc(Br)cc2)Nc2cc(Br)ccc2Cc2[nH]c3cc(Br)ccc3c21. The minimum atomic E-state index is -4.62. The highest BCUT2D eigenvalue weighted by Gasteiger charge is 2.60. The standard InChI is InChI=1S/C23H14Br3F3N2/c24-14-5-2-13(3-6-14)22(23(27,28)29)21-17-8-7-16(26)11-19(17)30-20(21)9-12-1-4-15(25)10-18(12)31-22/h1-8,10-11,30-31H,9H2/t22-/m0/s1. The fourth-order valence-corrected chi connectivity index (χ4v) is 5.34. The monoisotopic (exact) mass is 612 g/mol. The van der Waals surface area contributed by atoms with E-state index < -0.39 is 11.7 Å². The third-order valence-electron chi connectivity index (χ3n) is 5.68. The summed E-state index contributed by atoms with van der Waals surface area (Å²) in [4.78, 5) is 3.27. The van der Waals surface area contributed by atoms with E-state index >= 15 is 13.2 Å². The van der Waals surface area contributed by atoms with E-state index in [0.717, 1.165) is 10.0 Å². The molecule has 8 heteroatoms. The summed E-state index contributed by atoms with van der Waals surface area (Å²) >= 11 is 10.2. The van der Waals surface area contributed by atoms with Gasteiger partial charge >= 0.3 is 6.18 Å². The van der Waals surface area contributed by atoms with Gasteiger partial charge in [0.15, 0.2) is 5.54 Å². The molecule has 0 radical (unpaired) electrons. The molecule has 2 heterocycles. The van der Waals surface area contributed by atoms with Gasteiger partial charge in [0.2, 0.25) is 0 Å². The minimum absolute atomic E-state index is 0.126. The Balaban J connectivity index is 1.93. The molecule has 0 spiro atoms. The smallest absolute Gasteiger partial charge is 0.364 e. The third kappa shape index (κ3) is 3.34. The van der Waals surface area contributed by atoms with Crippen LogP contribution in [-0.2, 0) is 12.0 Å². The first kappa shape index (κ1) is 21.1. The molecule has 0 fully saturated rings. The topological polar surface area (TPSA) is 27.8 Å². The maximum Gasteiger partial charge on any atom is 0.420 e. The molecule has 1 aromatic heterocycles. The summed E-state index contributed by atoms with van der Waals surface area (Å²) in [5, 5.41) is 3.48. The highest BCUT2D eigenvalue weighted by atomic mass is 79.9. The van der Waals surface area contributed by atoms with E-state index in [1.807, 2.05) is 18.2 Å². The lowest BCUT2D eigenvalue weighted by Gasteiger charge is -2.38. The van der Waals surface area contributed by atoms with Crippen molar-refractivity contribution in [3.05, 3.63) is 96.5 Å². The van der Waals surface area contributed by atoms with E-state index in [1.165, 1.54) is 12.1 Å². The first-order chi connectivity index (χ1) is 14.7. The van der Waals surface area contributed by atoms with Crippen molar-refractivity contribution in [1.82, 2.24) is 4.98 Å². The zero-order chi connectivity index (χ0) is 22.0. The van der Waals surface area contributed by atoms with Crippen molar-refractivity contribution < 1.29 is 13.2 Å². The molecule has 0 saturated heterocycles. The van der Waals surface area contributed by atoms with Gasteiger partial charge in [0.25, 0.3) is 0 Å². The summed E-state index contributed by atoms with van der Waals surface area (Å²) in [5.74, 6) is 0. The average Bonchev–Trinajstić information content (AvgIpc) is 2.97. The van der Waals surface area contributed by atoms with Crippen LogP contribution in [0.3, 0.4) is 0 Å². The molecule has 0 aliphatic carbocycles. The average molecular weight is 615 g/mol. The Morgan fingerprint density at radius 3 is 2.16 bits per heavy atom. The third-order valence-corrected chi connectivity index (χ3v) is 7.19. The number of rotatable bonds is 1. The van der Waals surface area contributed by atoms with Gasteiger partial charge in [-0.1, -0.05) is 72.1 Å². The molecule has 0 saturated carbocycles. The van der Waals surface area contributed by atoms with Crippen molar-refractivity contribution in [2.24, 2.45) is 0 Å². The molecule has 5 rings (SSSR count). The van der Waals surface area contributed by atoms with Crippen LogP contribution >= 0.6 is 47.8 Å². The number of anilines is 1. The maximum atomic E-state index is 15.2.